The Hall–Kier alpha value is -3.60. The molecule has 11 heteroatoms. The molecule has 0 heterocycles. The predicted molar refractivity (Wildman–Crippen MR) is 132 cm³/mol. The molecule has 0 radical (unpaired) electrons. The summed E-state index contributed by atoms with van der Waals surface area (Å²) in [7, 11) is 0. The Labute approximate surface area is 213 Å². The van der Waals surface area contributed by atoms with Crippen molar-refractivity contribution in [3.05, 3.63) is 65.7 Å². The molecule has 0 aromatic heterocycles. The van der Waals surface area contributed by atoms with Crippen molar-refractivity contribution in [2.24, 2.45) is 0 Å². The lowest BCUT2D eigenvalue weighted by Crippen LogP contribution is -2.53. The number of aliphatic hydroxyl groups is 1. The van der Waals surface area contributed by atoms with Crippen LogP contribution in [0.4, 0.5) is 23.7 Å². The molecular formula is C26H32F3N3O5. The number of halogens is 3. The number of carbonyl (C=O) groups excluding carboxylic acids is 3. The summed E-state index contributed by atoms with van der Waals surface area (Å²) in [6, 6.07) is 10.9. The first-order valence-electron chi connectivity index (χ1n) is 11.7. The zero-order valence-corrected chi connectivity index (χ0v) is 20.9. The number of anilines is 1. The maximum absolute atomic E-state index is 13.1. The molecule has 0 saturated heterocycles. The van der Waals surface area contributed by atoms with Crippen LogP contribution in [0.1, 0.15) is 44.7 Å². The second-order valence-electron chi connectivity index (χ2n) is 9.36. The van der Waals surface area contributed by atoms with E-state index in [0.717, 1.165) is 23.8 Å². The lowest BCUT2D eigenvalue weighted by atomic mass is 10.0. The van der Waals surface area contributed by atoms with Crippen LogP contribution in [0.3, 0.4) is 0 Å². The number of hydrogen-bond acceptors (Lipinski definition) is 5. The molecule has 0 aliphatic rings. The Kier molecular flexibility index (Phi) is 10.5. The Morgan fingerprint density at radius 3 is 2.14 bits per heavy atom. The Morgan fingerprint density at radius 1 is 0.892 bits per heavy atom. The number of rotatable bonds is 10. The van der Waals surface area contributed by atoms with E-state index in [9.17, 15) is 32.7 Å². The molecule has 37 heavy (non-hydrogen) atoms. The SMILES string of the molecule is CC(C)(C)OC(=O)N[C@@H](CCO)C(=O)N[C@@H](CCc1ccccc1)C(=O)Nc1cccc(C(F)(F)F)c1. The molecule has 0 aliphatic carbocycles. The zero-order valence-electron chi connectivity index (χ0n) is 20.9. The molecule has 3 amide bonds. The first-order chi connectivity index (χ1) is 17.3. The van der Waals surface area contributed by atoms with Gasteiger partial charge in [-0.3, -0.25) is 9.59 Å². The van der Waals surface area contributed by atoms with Gasteiger partial charge in [0.15, 0.2) is 0 Å². The number of alkyl carbamates (subject to hydrolysis) is 1. The smallest absolute Gasteiger partial charge is 0.416 e. The zero-order chi connectivity index (χ0) is 27.6. The van der Waals surface area contributed by atoms with E-state index in [0.29, 0.717) is 6.42 Å². The normalized spacial score (nSPS) is 13.3. The summed E-state index contributed by atoms with van der Waals surface area (Å²) >= 11 is 0. The summed E-state index contributed by atoms with van der Waals surface area (Å²) in [6.45, 7) is 4.50. The van der Waals surface area contributed by atoms with E-state index >= 15 is 0 Å². The van der Waals surface area contributed by atoms with Gasteiger partial charge in [0.25, 0.3) is 0 Å². The van der Waals surface area contributed by atoms with Crippen LogP contribution in [0, 0.1) is 0 Å². The number of alkyl halides is 3. The van der Waals surface area contributed by atoms with Gasteiger partial charge in [-0.2, -0.15) is 13.2 Å². The maximum atomic E-state index is 13.1. The van der Waals surface area contributed by atoms with Gasteiger partial charge in [0.1, 0.15) is 17.7 Å². The molecule has 202 valence electrons. The van der Waals surface area contributed by atoms with Gasteiger partial charge < -0.3 is 25.8 Å². The van der Waals surface area contributed by atoms with E-state index in [-0.39, 0.29) is 18.5 Å². The number of amides is 3. The Morgan fingerprint density at radius 2 is 1.54 bits per heavy atom. The third kappa shape index (κ3) is 10.5. The van der Waals surface area contributed by atoms with Crippen LogP contribution in [0.5, 0.6) is 0 Å². The van der Waals surface area contributed by atoms with Gasteiger partial charge in [-0.15, -0.1) is 0 Å². The van der Waals surface area contributed by atoms with Gasteiger partial charge in [0.2, 0.25) is 11.8 Å². The fourth-order valence-corrected chi connectivity index (χ4v) is 3.35. The summed E-state index contributed by atoms with van der Waals surface area (Å²) in [5, 5.41) is 16.7. The van der Waals surface area contributed by atoms with Crippen LogP contribution in [-0.4, -0.2) is 47.3 Å². The van der Waals surface area contributed by atoms with Crippen molar-refractivity contribution in [2.75, 3.05) is 11.9 Å². The van der Waals surface area contributed by atoms with Gasteiger partial charge in [0.05, 0.1) is 5.56 Å². The van der Waals surface area contributed by atoms with Crippen molar-refractivity contribution >= 4 is 23.6 Å². The van der Waals surface area contributed by atoms with Gasteiger partial charge in [-0.05, 0) is 63.8 Å². The molecule has 0 saturated carbocycles. The summed E-state index contributed by atoms with van der Waals surface area (Å²) in [6.07, 6.45) is -5.11. The minimum Gasteiger partial charge on any atom is -0.444 e. The molecule has 2 aromatic rings. The second kappa shape index (κ2) is 13.1. The van der Waals surface area contributed by atoms with Crippen LogP contribution >= 0.6 is 0 Å². The van der Waals surface area contributed by atoms with Crippen molar-refractivity contribution < 1.29 is 37.4 Å². The fourth-order valence-electron chi connectivity index (χ4n) is 3.35. The van der Waals surface area contributed by atoms with E-state index in [1.807, 2.05) is 30.3 Å². The molecule has 2 aromatic carbocycles. The highest BCUT2D eigenvalue weighted by atomic mass is 19.4. The first-order valence-corrected chi connectivity index (χ1v) is 11.7. The summed E-state index contributed by atoms with van der Waals surface area (Å²) in [5.74, 6) is -1.49. The van der Waals surface area contributed by atoms with Gasteiger partial charge in [0, 0.05) is 12.3 Å². The monoisotopic (exact) mass is 523 g/mol. The Balaban J connectivity index is 2.20. The standard InChI is InChI=1S/C26H32F3N3O5/c1-25(2,3)37-24(36)32-21(14-15-33)23(35)31-20(13-12-17-8-5-4-6-9-17)22(34)30-19-11-7-10-18(16-19)26(27,28)29/h4-11,16,20-21,33H,12-15H2,1-3H3,(H,30,34)(H,31,35)(H,32,36)/t20-,21-/m0/s1. The van der Waals surface area contributed by atoms with Gasteiger partial charge in [-0.25, -0.2) is 4.79 Å². The summed E-state index contributed by atoms with van der Waals surface area (Å²) < 4.78 is 44.4. The van der Waals surface area contributed by atoms with Crippen LogP contribution in [0.2, 0.25) is 0 Å². The highest BCUT2D eigenvalue weighted by Gasteiger charge is 2.31. The third-order valence-corrected chi connectivity index (χ3v) is 5.08. The molecular weight excluding hydrogens is 491 g/mol. The lowest BCUT2D eigenvalue weighted by molar-refractivity contribution is -0.137. The van der Waals surface area contributed by atoms with Crippen LogP contribution < -0.4 is 16.0 Å². The average molecular weight is 524 g/mol. The predicted octanol–water partition coefficient (Wildman–Crippen LogP) is 4.04. The van der Waals surface area contributed by atoms with E-state index in [4.69, 9.17) is 4.74 Å². The molecule has 2 atom stereocenters. The number of aliphatic hydroxyl groups excluding tert-OH is 1. The maximum Gasteiger partial charge on any atom is 0.416 e. The highest BCUT2D eigenvalue weighted by molar-refractivity contribution is 5.98. The lowest BCUT2D eigenvalue weighted by Gasteiger charge is -2.25. The van der Waals surface area contributed by atoms with E-state index in [2.05, 4.69) is 16.0 Å². The van der Waals surface area contributed by atoms with Crippen molar-refractivity contribution in [1.29, 1.82) is 0 Å². The third-order valence-electron chi connectivity index (χ3n) is 5.08. The molecule has 4 N–H and O–H groups in total. The van der Waals surface area contributed by atoms with Gasteiger partial charge >= 0.3 is 12.3 Å². The van der Waals surface area contributed by atoms with E-state index < -0.39 is 53.9 Å². The van der Waals surface area contributed by atoms with Crippen LogP contribution in [-0.2, 0) is 26.9 Å². The molecule has 0 unspecified atom stereocenters. The molecule has 0 spiro atoms. The number of aryl methyl sites for hydroxylation is 1. The van der Waals surface area contributed by atoms with Crippen LogP contribution in [0.15, 0.2) is 54.6 Å². The molecule has 0 aliphatic heterocycles. The van der Waals surface area contributed by atoms with E-state index in [1.165, 1.54) is 6.07 Å². The number of hydrogen-bond donors (Lipinski definition) is 4. The number of ether oxygens (including phenoxy) is 1. The topological polar surface area (TPSA) is 117 Å². The minimum absolute atomic E-state index is 0.0856. The number of benzene rings is 2. The van der Waals surface area contributed by atoms with Crippen molar-refractivity contribution in [2.45, 2.75) is 63.9 Å². The largest absolute Gasteiger partial charge is 0.444 e. The van der Waals surface area contributed by atoms with Gasteiger partial charge in [-0.1, -0.05) is 36.4 Å². The highest BCUT2D eigenvalue weighted by Crippen LogP contribution is 2.30. The van der Waals surface area contributed by atoms with E-state index in [1.54, 1.807) is 20.8 Å². The first kappa shape index (κ1) is 29.6. The van der Waals surface area contributed by atoms with Crippen LogP contribution in [0.25, 0.3) is 0 Å². The number of carbonyl (C=O) groups is 3. The number of nitrogens with one attached hydrogen (secondary N) is 3. The minimum atomic E-state index is -4.59. The average Bonchev–Trinajstić information content (AvgIpc) is 2.80. The van der Waals surface area contributed by atoms with Crippen molar-refractivity contribution in [3.63, 3.8) is 0 Å². The van der Waals surface area contributed by atoms with Crippen molar-refractivity contribution in [3.8, 4) is 0 Å². The summed E-state index contributed by atoms with van der Waals surface area (Å²) in [4.78, 5) is 38.2. The summed E-state index contributed by atoms with van der Waals surface area (Å²) in [5.41, 5.74) is -0.961. The second-order valence-corrected chi connectivity index (χ2v) is 9.36. The quantitative estimate of drug-likeness (QED) is 0.375. The molecule has 2 rings (SSSR count). The van der Waals surface area contributed by atoms with Crippen molar-refractivity contribution in [1.82, 2.24) is 10.6 Å². The molecule has 0 fully saturated rings. The fraction of sp³-hybridized carbons (Fsp3) is 0.423. The molecule has 8 nitrogen and oxygen atoms in total. The molecule has 0 bridgehead atoms. The Bertz CT molecular complexity index is 1060.